The first-order valence-corrected chi connectivity index (χ1v) is 10.6. The van der Waals surface area contributed by atoms with Gasteiger partial charge in [0.05, 0.1) is 30.2 Å². The summed E-state index contributed by atoms with van der Waals surface area (Å²) in [5.74, 6) is -1.63. The number of methoxy groups -OCH3 is 1. The SMILES string of the molecule is COc1ccc(NC(=O)COC(=O)c2ccc(N3C(=O)[C@H]4[C@H](C)C=CC[C@H]4C3=O)cc2)cc1. The van der Waals surface area contributed by atoms with Crippen LogP contribution in [0, 0.1) is 17.8 Å². The second kappa shape index (κ2) is 9.28. The maximum absolute atomic E-state index is 12.9. The number of imide groups is 1. The van der Waals surface area contributed by atoms with Crippen molar-refractivity contribution in [2.45, 2.75) is 13.3 Å². The highest BCUT2D eigenvalue weighted by molar-refractivity contribution is 6.22. The molecule has 1 N–H and O–H groups in total. The number of fused-ring (bicyclic) bond motifs is 1. The summed E-state index contributed by atoms with van der Waals surface area (Å²) in [5, 5.41) is 2.63. The molecule has 0 aromatic heterocycles. The highest BCUT2D eigenvalue weighted by Gasteiger charge is 2.50. The van der Waals surface area contributed by atoms with Crippen molar-refractivity contribution in [3.8, 4) is 5.75 Å². The Morgan fingerprint density at radius 2 is 1.73 bits per heavy atom. The van der Waals surface area contributed by atoms with Crippen molar-refractivity contribution >= 4 is 35.1 Å². The first-order chi connectivity index (χ1) is 15.9. The maximum atomic E-state index is 12.9. The fourth-order valence-electron chi connectivity index (χ4n) is 4.23. The van der Waals surface area contributed by atoms with E-state index in [0.29, 0.717) is 23.5 Å². The molecule has 4 rings (SSSR count). The smallest absolute Gasteiger partial charge is 0.338 e. The van der Waals surface area contributed by atoms with Crippen molar-refractivity contribution in [1.82, 2.24) is 0 Å². The van der Waals surface area contributed by atoms with Crippen LogP contribution in [0.1, 0.15) is 23.7 Å². The quantitative estimate of drug-likeness (QED) is 0.414. The summed E-state index contributed by atoms with van der Waals surface area (Å²) in [6, 6.07) is 12.8. The molecule has 33 heavy (non-hydrogen) atoms. The molecule has 2 aromatic carbocycles. The van der Waals surface area contributed by atoms with Crippen LogP contribution in [0.25, 0.3) is 0 Å². The van der Waals surface area contributed by atoms with Crippen molar-refractivity contribution in [3.05, 3.63) is 66.2 Å². The summed E-state index contributed by atoms with van der Waals surface area (Å²) in [6.45, 7) is 1.48. The zero-order valence-corrected chi connectivity index (χ0v) is 18.3. The number of benzene rings is 2. The molecule has 3 amide bonds. The van der Waals surface area contributed by atoms with E-state index in [1.807, 2.05) is 19.1 Å². The first kappa shape index (κ1) is 22.3. The van der Waals surface area contributed by atoms with Crippen LogP contribution < -0.4 is 15.0 Å². The Hall–Kier alpha value is -3.94. The molecule has 2 aliphatic rings. The van der Waals surface area contributed by atoms with E-state index >= 15 is 0 Å². The maximum Gasteiger partial charge on any atom is 0.338 e. The molecule has 0 spiro atoms. The van der Waals surface area contributed by atoms with Gasteiger partial charge in [-0.1, -0.05) is 19.1 Å². The minimum Gasteiger partial charge on any atom is -0.497 e. The van der Waals surface area contributed by atoms with E-state index in [1.165, 1.54) is 17.0 Å². The number of anilines is 2. The first-order valence-electron chi connectivity index (χ1n) is 10.6. The van der Waals surface area contributed by atoms with Crippen LogP contribution in [0.3, 0.4) is 0 Å². The lowest BCUT2D eigenvalue weighted by Gasteiger charge is -2.22. The summed E-state index contributed by atoms with van der Waals surface area (Å²) in [7, 11) is 1.55. The fourth-order valence-corrected chi connectivity index (χ4v) is 4.23. The van der Waals surface area contributed by atoms with Gasteiger partial charge in [0.2, 0.25) is 11.8 Å². The van der Waals surface area contributed by atoms with Gasteiger partial charge in [-0.25, -0.2) is 4.79 Å². The van der Waals surface area contributed by atoms with Crippen molar-refractivity contribution in [2.75, 3.05) is 23.9 Å². The second-order valence-electron chi connectivity index (χ2n) is 8.07. The third kappa shape index (κ3) is 4.50. The molecule has 1 aliphatic heterocycles. The van der Waals surface area contributed by atoms with Crippen LogP contribution in [0.5, 0.6) is 5.75 Å². The minimum absolute atomic E-state index is 0.00325. The number of rotatable bonds is 6. The summed E-state index contributed by atoms with van der Waals surface area (Å²) < 4.78 is 10.1. The Morgan fingerprint density at radius 3 is 2.36 bits per heavy atom. The van der Waals surface area contributed by atoms with E-state index in [9.17, 15) is 19.2 Å². The second-order valence-corrected chi connectivity index (χ2v) is 8.07. The predicted molar refractivity (Wildman–Crippen MR) is 121 cm³/mol. The summed E-state index contributed by atoms with van der Waals surface area (Å²) in [4.78, 5) is 51.2. The van der Waals surface area contributed by atoms with Crippen LogP contribution in [0.2, 0.25) is 0 Å². The van der Waals surface area contributed by atoms with Crippen LogP contribution in [-0.2, 0) is 19.1 Å². The third-order valence-corrected chi connectivity index (χ3v) is 5.94. The number of nitrogens with zero attached hydrogens (tertiary/aromatic N) is 1. The molecule has 1 heterocycles. The van der Waals surface area contributed by atoms with Crippen LogP contribution in [0.15, 0.2) is 60.7 Å². The molecule has 1 aliphatic carbocycles. The van der Waals surface area contributed by atoms with Crippen molar-refractivity contribution < 1.29 is 28.7 Å². The Bertz CT molecular complexity index is 1110. The molecule has 8 heteroatoms. The molecule has 0 saturated carbocycles. The van der Waals surface area contributed by atoms with Gasteiger partial charge in [0, 0.05) is 5.69 Å². The topological polar surface area (TPSA) is 102 Å². The van der Waals surface area contributed by atoms with E-state index in [4.69, 9.17) is 9.47 Å². The average molecular weight is 448 g/mol. The van der Waals surface area contributed by atoms with E-state index in [1.54, 1.807) is 43.5 Å². The van der Waals surface area contributed by atoms with Crippen LogP contribution in [0.4, 0.5) is 11.4 Å². The van der Waals surface area contributed by atoms with Crippen LogP contribution in [-0.4, -0.2) is 37.4 Å². The summed E-state index contributed by atoms with van der Waals surface area (Å²) in [5.41, 5.74) is 1.18. The lowest BCUT2D eigenvalue weighted by Crippen LogP contribution is -2.31. The fraction of sp³-hybridized carbons (Fsp3) is 0.280. The van der Waals surface area contributed by atoms with Gasteiger partial charge in [-0.2, -0.15) is 0 Å². The zero-order valence-electron chi connectivity index (χ0n) is 18.3. The van der Waals surface area contributed by atoms with E-state index in [2.05, 4.69) is 5.32 Å². The number of amides is 3. The number of hydrogen-bond acceptors (Lipinski definition) is 6. The molecule has 2 aromatic rings. The van der Waals surface area contributed by atoms with Gasteiger partial charge >= 0.3 is 5.97 Å². The largest absolute Gasteiger partial charge is 0.497 e. The van der Waals surface area contributed by atoms with E-state index in [-0.39, 0.29) is 35.1 Å². The predicted octanol–water partition coefficient (Wildman–Crippen LogP) is 3.19. The highest BCUT2D eigenvalue weighted by Crippen LogP contribution is 2.40. The normalized spacial score (nSPS) is 21.5. The van der Waals surface area contributed by atoms with Gasteiger partial charge in [-0.05, 0) is 60.9 Å². The van der Waals surface area contributed by atoms with Gasteiger partial charge in [0.25, 0.3) is 5.91 Å². The number of carbonyl (C=O) groups excluding carboxylic acids is 4. The average Bonchev–Trinajstić information content (AvgIpc) is 3.09. The lowest BCUT2D eigenvalue weighted by molar-refractivity contribution is -0.123. The van der Waals surface area contributed by atoms with Gasteiger partial charge < -0.3 is 14.8 Å². The van der Waals surface area contributed by atoms with Gasteiger partial charge in [0.1, 0.15) is 5.75 Å². The number of carbonyl (C=O) groups is 4. The number of allylic oxidation sites excluding steroid dienone is 2. The molecule has 0 unspecified atom stereocenters. The molecular weight excluding hydrogens is 424 g/mol. The number of nitrogens with one attached hydrogen (secondary N) is 1. The molecule has 8 nitrogen and oxygen atoms in total. The number of esters is 1. The minimum atomic E-state index is -0.683. The van der Waals surface area contributed by atoms with E-state index < -0.39 is 18.5 Å². The van der Waals surface area contributed by atoms with Crippen LogP contribution >= 0.6 is 0 Å². The standard InChI is InChI=1S/C25H24N2O6/c1-15-4-3-5-20-22(15)24(30)27(23(20)29)18-10-6-16(7-11-18)25(31)33-14-21(28)26-17-8-12-19(32-2)13-9-17/h3-4,6-13,15,20,22H,5,14H2,1-2H3,(H,26,28)/t15-,20-,22+/m1/s1. The lowest BCUT2D eigenvalue weighted by atomic mass is 9.78. The molecule has 170 valence electrons. The molecule has 0 bridgehead atoms. The highest BCUT2D eigenvalue weighted by atomic mass is 16.5. The Balaban J connectivity index is 1.35. The Kier molecular flexibility index (Phi) is 6.26. The number of ether oxygens (including phenoxy) is 2. The van der Waals surface area contributed by atoms with Gasteiger partial charge in [0.15, 0.2) is 6.61 Å². The van der Waals surface area contributed by atoms with Gasteiger partial charge in [-0.15, -0.1) is 0 Å². The molecule has 1 fully saturated rings. The van der Waals surface area contributed by atoms with E-state index in [0.717, 1.165) is 0 Å². The Morgan fingerprint density at radius 1 is 1.03 bits per heavy atom. The van der Waals surface area contributed by atoms with Crippen molar-refractivity contribution in [3.63, 3.8) is 0 Å². The van der Waals surface area contributed by atoms with Crippen molar-refractivity contribution in [2.24, 2.45) is 17.8 Å². The summed E-state index contributed by atoms with van der Waals surface area (Å²) >= 11 is 0. The Labute approximate surface area is 191 Å². The zero-order chi connectivity index (χ0) is 23.5. The van der Waals surface area contributed by atoms with Crippen molar-refractivity contribution in [1.29, 1.82) is 0 Å². The third-order valence-electron chi connectivity index (χ3n) is 5.94. The molecule has 0 radical (unpaired) electrons. The monoisotopic (exact) mass is 448 g/mol. The molecule has 3 atom stereocenters. The summed E-state index contributed by atoms with van der Waals surface area (Å²) in [6.07, 6.45) is 4.48. The van der Waals surface area contributed by atoms with Gasteiger partial charge in [-0.3, -0.25) is 19.3 Å². The molecule has 1 saturated heterocycles. The molecular formula is C25H24N2O6. The number of hydrogen-bond donors (Lipinski definition) is 1.